The summed E-state index contributed by atoms with van der Waals surface area (Å²) in [5.41, 5.74) is 2.27. The molecule has 1 amide bonds. The molecule has 3 aromatic heterocycles. The highest BCUT2D eigenvalue weighted by molar-refractivity contribution is 7.98. The lowest BCUT2D eigenvalue weighted by Gasteiger charge is -2.08. The molecular formula is C17H15N3O2S. The predicted molar refractivity (Wildman–Crippen MR) is 89.1 cm³/mol. The molecule has 1 N–H and O–H groups in total. The van der Waals surface area contributed by atoms with E-state index in [1.807, 2.05) is 30.5 Å². The van der Waals surface area contributed by atoms with Crippen molar-refractivity contribution in [1.82, 2.24) is 15.3 Å². The van der Waals surface area contributed by atoms with Crippen molar-refractivity contribution in [2.45, 2.75) is 11.6 Å². The number of hydrogen-bond donors (Lipinski definition) is 1. The molecule has 0 spiro atoms. The lowest BCUT2D eigenvalue weighted by atomic mass is 10.2. The summed E-state index contributed by atoms with van der Waals surface area (Å²) in [6.45, 7) is 0.410. The van der Waals surface area contributed by atoms with E-state index in [9.17, 15) is 4.79 Å². The quantitative estimate of drug-likeness (QED) is 0.728. The van der Waals surface area contributed by atoms with Crippen LogP contribution < -0.4 is 5.32 Å². The minimum absolute atomic E-state index is 0.141. The number of hydrogen-bond acceptors (Lipinski definition) is 5. The first kappa shape index (κ1) is 15.3. The zero-order chi connectivity index (χ0) is 16.1. The molecule has 3 heterocycles. The Balaban J connectivity index is 1.65. The predicted octanol–water partition coefficient (Wildman–Crippen LogP) is 3.39. The van der Waals surface area contributed by atoms with Gasteiger partial charge in [-0.3, -0.25) is 9.78 Å². The van der Waals surface area contributed by atoms with Crippen LogP contribution in [0.25, 0.3) is 11.5 Å². The van der Waals surface area contributed by atoms with Gasteiger partial charge in [-0.05, 0) is 42.2 Å². The number of pyridine rings is 2. The van der Waals surface area contributed by atoms with E-state index >= 15 is 0 Å². The van der Waals surface area contributed by atoms with E-state index in [2.05, 4.69) is 15.3 Å². The first-order valence-electron chi connectivity index (χ1n) is 7.04. The van der Waals surface area contributed by atoms with Gasteiger partial charge in [-0.25, -0.2) is 4.98 Å². The molecule has 0 aliphatic carbocycles. The van der Waals surface area contributed by atoms with Gasteiger partial charge >= 0.3 is 0 Å². The van der Waals surface area contributed by atoms with Crippen LogP contribution in [0.4, 0.5) is 0 Å². The fraction of sp³-hybridized carbons (Fsp3) is 0.118. The van der Waals surface area contributed by atoms with Crippen molar-refractivity contribution in [2.24, 2.45) is 0 Å². The molecule has 116 valence electrons. The number of carbonyl (C=O) groups excluding carboxylic acids is 1. The van der Waals surface area contributed by atoms with Gasteiger partial charge in [-0.2, -0.15) is 0 Å². The molecule has 3 rings (SSSR count). The largest absolute Gasteiger partial charge is 0.463 e. The van der Waals surface area contributed by atoms with Gasteiger partial charge in [-0.15, -0.1) is 11.8 Å². The van der Waals surface area contributed by atoms with Gasteiger partial charge in [0.25, 0.3) is 5.91 Å². The van der Waals surface area contributed by atoms with Gasteiger partial charge < -0.3 is 9.73 Å². The van der Waals surface area contributed by atoms with Gasteiger partial charge in [0.05, 0.1) is 11.8 Å². The van der Waals surface area contributed by atoms with E-state index in [4.69, 9.17) is 4.42 Å². The highest BCUT2D eigenvalue weighted by Crippen LogP contribution is 2.18. The van der Waals surface area contributed by atoms with Gasteiger partial charge in [0.1, 0.15) is 10.7 Å². The average molecular weight is 325 g/mol. The maximum Gasteiger partial charge on any atom is 0.254 e. The number of nitrogens with one attached hydrogen (secondary N) is 1. The van der Waals surface area contributed by atoms with Crippen LogP contribution in [-0.2, 0) is 6.54 Å². The van der Waals surface area contributed by atoms with Crippen LogP contribution in [0.5, 0.6) is 0 Å². The number of rotatable bonds is 5. The molecule has 23 heavy (non-hydrogen) atoms. The van der Waals surface area contributed by atoms with Crippen LogP contribution in [0.3, 0.4) is 0 Å². The Kier molecular flexibility index (Phi) is 4.73. The van der Waals surface area contributed by atoms with Crippen LogP contribution in [0.1, 0.15) is 15.9 Å². The molecule has 0 saturated carbocycles. The summed E-state index contributed by atoms with van der Waals surface area (Å²) in [7, 11) is 0. The molecule has 0 fully saturated rings. The zero-order valence-electron chi connectivity index (χ0n) is 12.5. The maximum atomic E-state index is 12.3. The number of carbonyl (C=O) groups is 1. The molecule has 0 unspecified atom stereocenters. The van der Waals surface area contributed by atoms with Crippen molar-refractivity contribution in [3.8, 4) is 11.5 Å². The molecule has 6 heteroatoms. The van der Waals surface area contributed by atoms with Gasteiger partial charge in [0.15, 0.2) is 5.76 Å². The normalized spacial score (nSPS) is 10.5. The van der Waals surface area contributed by atoms with E-state index in [1.54, 1.807) is 30.8 Å². The Labute approximate surface area is 138 Å². The molecule has 3 aromatic rings. The Morgan fingerprint density at radius 1 is 1.22 bits per heavy atom. The minimum atomic E-state index is -0.141. The number of furan rings is 1. The van der Waals surface area contributed by atoms with Crippen molar-refractivity contribution in [3.63, 3.8) is 0 Å². The number of thioether (sulfide) groups is 1. The summed E-state index contributed by atoms with van der Waals surface area (Å²) in [5, 5.41) is 3.61. The van der Waals surface area contributed by atoms with Crippen molar-refractivity contribution >= 4 is 17.7 Å². The minimum Gasteiger partial charge on any atom is -0.463 e. The Morgan fingerprint density at radius 3 is 2.83 bits per heavy atom. The van der Waals surface area contributed by atoms with Crippen LogP contribution in [0, 0.1) is 0 Å². The number of aromatic nitrogens is 2. The van der Waals surface area contributed by atoms with E-state index in [0.29, 0.717) is 12.1 Å². The van der Waals surface area contributed by atoms with E-state index < -0.39 is 0 Å². The topological polar surface area (TPSA) is 68.0 Å². The summed E-state index contributed by atoms with van der Waals surface area (Å²) in [6, 6.07) is 11.0. The second-order valence-corrected chi connectivity index (χ2v) is 5.57. The first-order valence-corrected chi connectivity index (χ1v) is 8.26. The molecule has 0 aliphatic rings. The second kappa shape index (κ2) is 7.11. The van der Waals surface area contributed by atoms with Gasteiger partial charge in [0.2, 0.25) is 0 Å². The molecule has 0 radical (unpaired) electrons. The highest BCUT2D eigenvalue weighted by Gasteiger charge is 2.11. The smallest absolute Gasteiger partial charge is 0.254 e. The maximum absolute atomic E-state index is 12.3. The number of nitrogens with zero attached hydrogens (tertiary/aromatic N) is 2. The van der Waals surface area contributed by atoms with Crippen molar-refractivity contribution in [1.29, 1.82) is 0 Å². The monoisotopic (exact) mass is 325 g/mol. The third-order valence-electron chi connectivity index (χ3n) is 3.26. The summed E-state index contributed by atoms with van der Waals surface area (Å²) >= 11 is 1.45. The molecule has 0 atom stereocenters. The molecule has 5 nitrogen and oxygen atoms in total. The lowest BCUT2D eigenvalue weighted by molar-refractivity contribution is 0.0947. The second-order valence-electron chi connectivity index (χ2n) is 4.77. The number of amides is 1. The van der Waals surface area contributed by atoms with Gasteiger partial charge in [-0.1, -0.05) is 6.07 Å². The molecule has 0 bridgehead atoms. The molecule has 0 aliphatic heterocycles. The molecule has 0 saturated heterocycles. The molecule has 0 aromatic carbocycles. The lowest BCUT2D eigenvalue weighted by Crippen LogP contribution is -2.23. The third-order valence-corrected chi connectivity index (χ3v) is 3.97. The summed E-state index contributed by atoms with van der Waals surface area (Å²) in [6.07, 6.45) is 6.93. The fourth-order valence-corrected chi connectivity index (χ4v) is 2.65. The van der Waals surface area contributed by atoms with Gasteiger partial charge in [0, 0.05) is 18.9 Å². The molecular weight excluding hydrogens is 310 g/mol. The Morgan fingerprint density at radius 2 is 2.13 bits per heavy atom. The van der Waals surface area contributed by atoms with Crippen LogP contribution >= 0.6 is 11.8 Å². The highest BCUT2D eigenvalue weighted by atomic mass is 32.2. The zero-order valence-corrected chi connectivity index (χ0v) is 13.3. The average Bonchev–Trinajstić information content (AvgIpc) is 3.14. The van der Waals surface area contributed by atoms with E-state index in [-0.39, 0.29) is 5.91 Å². The van der Waals surface area contributed by atoms with Crippen molar-refractivity contribution in [3.05, 3.63) is 66.2 Å². The fourth-order valence-electron chi connectivity index (χ4n) is 2.10. The summed E-state index contributed by atoms with van der Waals surface area (Å²) in [4.78, 5) is 20.8. The Hall–Kier alpha value is -2.60. The third kappa shape index (κ3) is 3.60. The van der Waals surface area contributed by atoms with Crippen LogP contribution in [0.15, 0.2) is 64.5 Å². The summed E-state index contributed by atoms with van der Waals surface area (Å²) in [5.74, 6) is 0.582. The first-order chi connectivity index (χ1) is 11.3. The SMILES string of the molecule is CSc1ncccc1C(=O)NCc1ccc(-c2ccco2)nc1. The van der Waals surface area contributed by atoms with Crippen molar-refractivity contribution < 1.29 is 9.21 Å². The van der Waals surface area contributed by atoms with Crippen molar-refractivity contribution in [2.75, 3.05) is 6.26 Å². The van der Waals surface area contributed by atoms with Crippen LogP contribution in [0.2, 0.25) is 0 Å². The van der Waals surface area contributed by atoms with E-state index in [1.165, 1.54) is 11.8 Å². The van der Waals surface area contributed by atoms with Crippen LogP contribution in [-0.4, -0.2) is 22.1 Å². The summed E-state index contributed by atoms with van der Waals surface area (Å²) < 4.78 is 5.30. The standard InChI is InChI=1S/C17H15N3O2S/c1-23-17-13(4-2-8-18-17)16(21)20-11-12-6-7-14(19-10-12)15-5-3-9-22-15/h2-10H,11H2,1H3,(H,20,21). The van der Waals surface area contributed by atoms with E-state index in [0.717, 1.165) is 22.0 Å². The Bertz CT molecular complexity index is 786.